The van der Waals surface area contributed by atoms with E-state index in [-0.39, 0.29) is 12.1 Å². The Bertz CT molecular complexity index is 591. The first-order chi connectivity index (χ1) is 11.8. The molecule has 6 nitrogen and oxygen atoms in total. The Morgan fingerprint density at radius 2 is 1.76 bits per heavy atom. The molecule has 0 spiro atoms. The number of nitrogens with zero attached hydrogens (tertiary/aromatic N) is 1. The van der Waals surface area contributed by atoms with Crippen LogP contribution in [-0.2, 0) is 4.74 Å². The third kappa shape index (κ3) is 6.49. The number of benzene rings is 1. The van der Waals surface area contributed by atoms with Crippen LogP contribution in [-0.4, -0.2) is 48.0 Å². The molecular weight excluding hydrogens is 338 g/mol. The van der Waals surface area contributed by atoms with Gasteiger partial charge in [-0.3, -0.25) is 0 Å². The Hall–Kier alpha value is -1.89. The number of anilines is 1. The molecule has 138 valence electrons. The van der Waals surface area contributed by atoms with Gasteiger partial charge < -0.3 is 20.3 Å². The normalized spacial score (nSPS) is 15.6. The molecule has 0 bridgehead atoms. The fourth-order valence-corrected chi connectivity index (χ4v) is 2.99. The minimum Gasteiger partial charge on any atom is -0.444 e. The number of thioether (sulfide) groups is 1. The molecular formula is C18H27N3O3S. The zero-order chi connectivity index (χ0) is 18.4. The zero-order valence-electron chi connectivity index (χ0n) is 15.3. The number of rotatable bonds is 3. The monoisotopic (exact) mass is 365 g/mol. The topological polar surface area (TPSA) is 70.7 Å². The molecule has 1 aromatic rings. The number of urea groups is 1. The van der Waals surface area contributed by atoms with Crippen LogP contribution in [0.3, 0.4) is 0 Å². The average Bonchev–Trinajstić information content (AvgIpc) is 2.54. The van der Waals surface area contributed by atoms with Crippen LogP contribution in [0.15, 0.2) is 29.2 Å². The zero-order valence-corrected chi connectivity index (χ0v) is 16.1. The van der Waals surface area contributed by atoms with Crippen molar-refractivity contribution in [3.05, 3.63) is 24.3 Å². The summed E-state index contributed by atoms with van der Waals surface area (Å²) in [5.74, 6) is 0. The molecule has 1 aliphatic heterocycles. The summed E-state index contributed by atoms with van der Waals surface area (Å²) in [6.07, 6.45) is 3.06. The van der Waals surface area contributed by atoms with Gasteiger partial charge in [0.05, 0.1) is 0 Å². The molecule has 2 rings (SSSR count). The fraction of sp³-hybridized carbons (Fsp3) is 0.556. The highest BCUT2D eigenvalue weighted by molar-refractivity contribution is 7.98. The first-order valence-electron chi connectivity index (χ1n) is 8.46. The minimum atomic E-state index is -0.503. The second kappa shape index (κ2) is 8.47. The summed E-state index contributed by atoms with van der Waals surface area (Å²) in [6.45, 7) is 6.73. The highest BCUT2D eigenvalue weighted by Crippen LogP contribution is 2.19. The number of carbonyl (C=O) groups excluding carboxylic acids is 2. The summed E-state index contributed by atoms with van der Waals surface area (Å²) in [4.78, 5) is 27.1. The van der Waals surface area contributed by atoms with Gasteiger partial charge in [0.15, 0.2) is 0 Å². The van der Waals surface area contributed by atoms with Crippen LogP contribution in [0.2, 0.25) is 0 Å². The van der Waals surface area contributed by atoms with Gasteiger partial charge in [-0.15, -0.1) is 11.8 Å². The smallest absolute Gasteiger partial charge is 0.407 e. The Morgan fingerprint density at radius 3 is 2.28 bits per heavy atom. The van der Waals surface area contributed by atoms with Crippen molar-refractivity contribution in [3.8, 4) is 0 Å². The number of amides is 3. The van der Waals surface area contributed by atoms with Gasteiger partial charge in [0.1, 0.15) is 5.60 Å². The lowest BCUT2D eigenvalue weighted by molar-refractivity contribution is 0.0486. The summed E-state index contributed by atoms with van der Waals surface area (Å²) < 4.78 is 5.27. The first kappa shape index (κ1) is 19.4. The lowest BCUT2D eigenvalue weighted by Gasteiger charge is -2.32. The van der Waals surface area contributed by atoms with Crippen LogP contribution >= 0.6 is 11.8 Å². The van der Waals surface area contributed by atoms with Crippen molar-refractivity contribution < 1.29 is 14.3 Å². The van der Waals surface area contributed by atoms with E-state index in [1.807, 2.05) is 51.3 Å². The summed E-state index contributed by atoms with van der Waals surface area (Å²) in [6, 6.07) is 7.71. The van der Waals surface area contributed by atoms with Gasteiger partial charge in [-0.25, -0.2) is 9.59 Å². The molecule has 7 heteroatoms. The number of hydrogen-bond donors (Lipinski definition) is 2. The SMILES string of the molecule is CSc1ccc(NC(=O)N2CCC(NC(=O)OC(C)(C)C)CC2)cc1. The van der Waals surface area contributed by atoms with Gasteiger partial charge in [-0.2, -0.15) is 0 Å². The largest absolute Gasteiger partial charge is 0.444 e. The number of piperidine rings is 1. The van der Waals surface area contributed by atoms with Crippen LogP contribution in [0.4, 0.5) is 15.3 Å². The molecule has 0 atom stereocenters. The van der Waals surface area contributed by atoms with E-state index < -0.39 is 11.7 Å². The van der Waals surface area contributed by atoms with Crippen molar-refractivity contribution in [1.29, 1.82) is 0 Å². The second-order valence-electron chi connectivity index (χ2n) is 7.07. The van der Waals surface area contributed by atoms with Gasteiger partial charge in [-0.1, -0.05) is 0 Å². The van der Waals surface area contributed by atoms with Crippen molar-refractivity contribution in [1.82, 2.24) is 10.2 Å². The van der Waals surface area contributed by atoms with E-state index >= 15 is 0 Å². The molecule has 1 saturated heterocycles. The summed E-state index contributed by atoms with van der Waals surface area (Å²) >= 11 is 1.66. The number of likely N-dealkylation sites (tertiary alicyclic amines) is 1. The molecule has 0 saturated carbocycles. The van der Waals surface area contributed by atoms with Crippen molar-refractivity contribution in [3.63, 3.8) is 0 Å². The van der Waals surface area contributed by atoms with Crippen molar-refractivity contribution >= 4 is 29.6 Å². The lowest BCUT2D eigenvalue weighted by atomic mass is 10.1. The van der Waals surface area contributed by atoms with Gasteiger partial charge in [0.2, 0.25) is 0 Å². The molecule has 1 aromatic carbocycles. The highest BCUT2D eigenvalue weighted by Gasteiger charge is 2.25. The van der Waals surface area contributed by atoms with Crippen molar-refractivity contribution in [2.45, 2.75) is 50.2 Å². The predicted molar refractivity (Wildman–Crippen MR) is 101 cm³/mol. The number of hydrogen-bond acceptors (Lipinski definition) is 4. The maximum Gasteiger partial charge on any atom is 0.407 e. The van der Waals surface area contributed by atoms with Crippen LogP contribution in [0.1, 0.15) is 33.6 Å². The highest BCUT2D eigenvalue weighted by atomic mass is 32.2. The van der Waals surface area contributed by atoms with E-state index in [9.17, 15) is 9.59 Å². The average molecular weight is 365 g/mol. The Morgan fingerprint density at radius 1 is 1.16 bits per heavy atom. The molecule has 3 amide bonds. The van der Waals surface area contributed by atoms with E-state index in [4.69, 9.17) is 4.74 Å². The first-order valence-corrected chi connectivity index (χ1v) is 9.69. The second-order valence-corrected chi connectivity index (χ2v) is 7.95. The third-order valence-electron chi connectivity index (χ3n) is 3.84. The van der Waals surface area contributed by atoms with Gasteiger partial charge in [0.25, 0.3) is 0 Å². The molecule has 25 heavy (non-hydrogen) atoms. The molecule has 0 aliphatic carbocycles. The number of ether oxygens (including phenoxy) is 1. The molecule has 0 unspecified atom stereocenters. The summed E-state index contributed by atoms with van der Waals surface area (Å²) in [5, 5.41) is 5.79. The van der Waals surface area contributed by atoms with Gasteiger partial charge >= 0.3 is 12.1 Å². The predicted octanol–water partition coefficient (Wildman–Crippen LogP) is 3.93. The van der Waals surface area contributed by atoms with E-state index in [2.05, 4.69) is 10.6 Å². The number of carbonyl (C=O) groups is 2. The Kier molecular flexibility index (Phi) is 6.58. The van der Waals surface area contributed by atoms with Crippen LogP contribution in [0.25, 0.3) is 0 Å². The van der Waals surface area contributed by atoms with Gasteiger partial charge in [0, 0.05) is 29.7 Å². The molecule has 1 heterocycles. The van der Waals surface area contributed by atoms with Crippen molar-refractivity contribution in [2.24, 2.45) is 0 Å². The van der Waals surface area contributed by atoms with Crippen LogP contribution in [0.5, 0.6) is 0 Å². The standard InChI is InChI=1S/C18H27N3O3S/c1-18(2,3)24-17(23)20-14-9-11-21(12-10-14)16(22)19-13-5-7-15(25-4)8-6-13/h5-8,14H,9-12H2,1-4H3,(H,19,22)(H,20,23). The third-order valence-corrected chi connectivity index (χ3v) is 4.59. The Balaban J connectivity index is 1.77. The molecule has 0 radical (unpaired) electrons. The fourth-order valence-electron chi connectivity index (χ4n) is 2.58. The molecule has 1 aliphatic rings. The quantitative estimate of drug-likeness (QED) is 0.796. The minimum absolute atomic E-state index is 0.0414. The van der Waals surface area contributed by atoms with Crippen LogP contribution in [0, 0.1) is 0 Å². The van der Waals surface area contributed by atoms with E-state index in [0.717, 1.165) is 23.4 Å². The Labute approximate surface area is 153 Å². The molecule has 1 fully saturated rings. The van der Waals surface area contributed by atoms with E-state index in [1.54, 1.807) is 16.7 Å². The lowest BCUT2D eigenvalue weighted by Crippen LogP contribution is -2.48. The maximum atomic E-state index is 12.3. The van der Waals surface area contributed by atoms with Crippen molar-refractivity contribution in [2.75, 3.05) is 24.7 Å². The van der Waals surface area contributed by atoms with E-state index in [1.165, 1.54) is 0 Å². The maximum absolute atomic E-state index is 12.3. The molecule has 0 aromatic heterocycles. The van der Waals surface area contributed by atoms with Crippen LogP contribution < -0.4 is 10.6 Å². The summed E-state index contributed by atoms with van der Waals surface area (Å²) in [7, 11) is 0. The van der Waals surface area contributed by atoms with E-state index in [0.29, 0.717) is 13.1 Å². The number of alkyl carbamates (subject to hydrolysis) is 1. The van der Waals surface area contributed by atoms with Gasteiger partial charge in [-0.05, 0) is 64.1 Å². The number of nitrogens with one attached hydrogen (secondary N) is 2. The summed E-state index contributed by atoms with van der Waals surface area (Å²) in [5.41, 5.74) is 0.285. The molecule has 2 N–H and O–H groups in total.